The summed E-state index contributed by atoms with van der Waals surface area (Å²) in [6, 6.07) is 7.46. The average Bonchev–Trinajstić information content (AvgIpc) is 3.68. The van der Waals surface area contributed by atoms with Gasteiger partial charge in [-0.15, -0.1) is 0 Å². The lowest BCUT2D eigenvalue weighted by atomic mass is 9.79. The maximum atomic E-state index is 14.1. The van der Waals surface area contributed by atoms with Crippen LogP contribution in [0.5, 0.6) is 0 Å². The molecule has 4 atom stereocenters. The molecule has 1 aromatic carbocycles. The van der Waals surface area contributed by atoms with Crippen molar-refractivity contribution in [2.45, 2.75) is 77.7 Å². The first-order chi connectivity index (χ1) is 16.5. The zero-order valence-electron chi connectivity index (χ0n) is 21.3. The van der Waals surface area contributed by atoms with E-state index >= 15 is 0 Å². The summed E-state index contributed by atoms with van der Waals surface area (Å²) in [6.45, 7) is 5.86. The molecule has 186 valence electrons. The smallest absolute Gasteiger partial charge is 0.225 e. The lowest BCUT2D eigenvalue weighted by Gasteiger charge is -2.27. The fourth-order valence-electron chi connectivity index (χ4n) is 6.12. The Bertz CT molecular complexity index is 903. The van der Waals surface area contributed by atoms with Gasteiger partial charge in [-0.1, -0.05) is 31.2 Å². The van der Waals surface area contributed by atoms with Crippen molar-refractivity contribution < 1.29 is 13.9 Å². The van der Waals surface area contributed by atoms with E-state index in [0.717, 1.165) is 37.8 Å². The summed E-state index contributed by atoms with van der Waals surface area (Å²) in [4.78, 5) is 14.8. The van der Waals surface area contributed by atoms with Crippen LogP contribution in [0.3, 0.4) is 0 Å². The summed E-state index contributed by atoms with van der Waals surface area (Å²) >= 11 is 0. The third-order valence-electron chi connectivity index (χ3n) is 8.34. The van der Waals surface area contributed by atoms with Gasteiger partial charge in [0.05, 0.1) is 13.0 Å². The predicted octanol–water partition coefficient (Wildman–Crippen LogP) is 7.04. The van der Waals surface area contributed by atoms with Crippen LogP contribution in [-0.2, 0) is 9.53 Å². The molecule has 1 amide bonds. The van der Waals surface area contributed by atoms with Crippen LogP contribution in [0.2, 0.25) is 0 Å². The molecular formula is C30H42FNO2. The van der Waals surface area contributed by atoms with Crippen LogP contribution in [0.4, 0.5) is 4.39 Å². The SMILES string of the molecule is CCC1C=C(c2cccc(F)c2)C(C2CC2)=CCC1CC1CCC(C)N(C(=O)CCOC)CC1. The standard InChI is InChI=1S/C30H42FNO2/c1-4-23-20-29(26-6-5-7-27(31)19-26)28(24-10-11-24)13-12-25(23)18-22-9-8-21(2)32(16-14-22)30(33)15-17-34-3/h5-7,13,19-25H,4,8-12,14-18H2,1-3H3. The number of nitrogens with zero attached hydrogens (tertiary/aromatic N) is 1. The number of carbonyl (C=O) groups is 1. The number of methoxy groups -OCH3 is 1. The number of hydrogen-bond acceptors (Lipinski definition) is 2. The molecule has 2 fully saturated rings. The van der Waals surface area contributed by atoms with E-state index in [1.807, 2.05) is 6.07 Å². The van der Waals surface area contributed by atoms with Crippen LogP contribution in [0.15, 0.2) is 42.0 Å². The summed E-state index contributed by atoms with van der Waals surface area (Å²) in [5.41, 5.74) is 3.77. The Hall–Kier alpha value is -1.94. The molecule has 4 rings (SSSR count). The summed E-state index contributed by atoms with van der Waals surface area (Å²) in [5.74, 6) is 2.50. The van der Waals surface area contributed by atoms with E-state index in [2.05, 4.69) is 37.0 Å². The van der Waals surface area contributed by atoms with E-state index in [-0.39, 0.29) is 11.7 Å². The maximum absolute atomic E-state index is 14.1. The van der Waals surface area contributed by atoms with Crippen LogP contribution in [0.1, 0.15) is 77.2 Å². The molecule has 1 saturated heterocycles. The number of benzene rings is 1. The predicted molar refractivity (Wildman–Crippen MR) is 137 cm³/mol. The van der Waals surface area contributed by atoms with Gasteiger partial charge in [-0.2, -0.15) is 0 Å². The van der Waals surface area contributed by atoms with Crippen LogP contribution in [0.25, 0.3) is 5.57 Å². The van der Waals surface area contributed by atoms with Gasteiger partial charge in [-0.3, -0.25) is 4.79 Å². The minimum atomic E-state index is -0.153. The van der Waals surface area contributed by atoms with Gasteiger partial charge in [-0.05, 0) is 111 Å². The maximum Gasteiger partial charge on any atom is 0.225 e. The Kier molecular flexibility index (Phi) is 8.63. The molecule has 0 bridgehead atoms. The number of halogens is 1. The molecule has 0 radical (unpaired) electrons. The van der Waals surface area contributed by atoms with Crippen molar-refractivity contribution in [3.8, 4) is 0 Å². The van der Waals surface area contributed by atoms with Gasteiger partial charge in [0.1, 0.15) is 5.82 Å². The number of rotatable bonds is 8. The Balaban J connectivity index is 1.48. The second-order valence-corrected chi connectivity index (χ2v) is 10.7. The molecule has 1 aliphatic heterocycles. The van der Waals surface area contributed by atoms with Crippen molar-refractivity contribution in [3.63, 3.8) is 0 Å². The highest BCUT2D eigenvalue weighted by Gasteiger charge is 2.33. The molecule has 34 heavy (non-hydrogen) atoms. The number of hydrogen-bond donors (Lipinski definition) is 0. The Labute approximate surface area is 205 Å². The second-order valence-electron chi connectivity index (χ2n) is 10.7. The summed E-state index contributed by atoms with van der Waals surface area (Å²) in [7, 11) is 1.66. The first-order valence-electron chi connectivity index (χ1n) is 13.5. The van der Waals surface area contributed by atoms with Gasteiger partial charge in [0.15, 0.2) is 0 Å². The number of ether oxygens (including phenoxy) is 1. The minimum absolute atomic E-state index is 0.153. The third-order valence-corrected chi connectivity index (χ3v) is 8.34. The van der Waals surface area contributed by atoms with Crippen molar-refractivity contribution in [1.29, 1.82) is 0 Å². The lowest BCUT2D eigenvalue weighted by Crippen LogP contribution is -2.38. The highest BCUT2D eigenvalue weighted by Crippen LogP contribution is 2.47. The van der Waals surface area contributed by atoms with Gasteiger partial charge in [0, 0.05) is 19.7 Å². The quantitative estimate of drug-likeness (QED) is 0.410. The Morgan fingerprint density at radius 1 is 1.18 bits per heavy atom. The Morgan fingerprint density at radius 2 is 2.00 bits per heavy atom. The van der Waals surface area contributed by atoms with Crippen LogP contribution < -0.4 is 0 Å². The highest BCUT2D eigenvalue weighted by molar-refractivity contribution is 5.80. The van der Waals surface area contributed by atoms with Crippen molar-refractivity contribution >= 4 is 11.5 Å². The highest BCUT2D eigenvalue weighted by atomic mass is 19.1. The monoisotopic (exact) mass is 467 g/mol. The molecule has 2 aliphatic carbocycles. The van der Waals surface area contributed by atoms with E-state index in [0.29, 0.717) is 42.7 Å². The summed E-state index contributed by atoms with van der Waals surface area (Å²) in [5, 5.41) is 0. The molecule has 0 spiro atoms. The van der Waals surface area contributed by atoms with Crippen LogP contribution >= 0.6 is 0 Å². The van der Waals surface area contributed by atoms with E-state index in [1.54, 1.807) is 13.2 Å². The molecule has 0 N–H and O–H groups in total. The van der Waals surface area contributed by atoms with E-state index in [9.17, 15) is 9.18 Å². The first kappa shape index (κ1) is 25.2. The Morgan fingerprint density at radius 3 is 2.71 bits per heavy atom. The molecular weight excluding hydrogens is 425 g/mol. The van der Waals surface area contributed by atoms with Gasteiger partial charge in [-0.25, -0.2) is 4.39 Å². The molecule has 3 nitrogen and oxygen atoms in total. The van der Waals surface area contributed by atoms with Gasteiger partial charge in [0.2, 0.25) is 5.91 Å². The van der Waals surface area contributed by atoms with Crippen molar-refractivity contribution in [2.24, 2.45) is 23.7 Å². The van der Waals surface area contributed by atoms with Crippen LogP contribution in [-0.4, -0.2) is 37.1 Å². The molecule has 4 heteroatoms. The van der Waals surface area contributed by atoms with Gasteiger partial charge < -0.3 is 9.64 Å². The summed E-state index contributed by atoms with van der Waals surface area (Å²) in [6.07, 6.45) is 14.8. The number of likely N-dealkylation sites (tertiary alicyclic amines) is 1. The zero-order valence-corrected chi connectivity index (χ0v) is 21.3. The second kappa shape index (κ2) is 11.7. The number of amides is 1. The first-order valence-corrected chi connectivity index (χ1v) is 13.5. The van der Waals surface area contributed by atoms with Crippen molar-refractivity contribution in [2.75, 3.05) is 20.3 Å². The molecule has 1 aromatic rings. The fourth-order valence-corrected chi connectivity index (χ4v) is 6.12. The van der Waals surface area contributed by atoms with E-state index in [1.165, 1.54) is 42.9 Å². The zero-order chi connectivity index (χ0) is 24.1. The minimum Gasteiger partial charge on any atom is -0.384 e. The topological polar surface area (TPSA) is 29.5 Å². The third kappa shape index (κ3) is 6.19. The number of carbonyl (C=O) groups excluding carboxylic acids is 1. The molecule has 1 saturated carbocycles. The average molecular weight is 468 g/mol. The lowest BCUT2D eigenvalue weighted by molar-refractivity contribution is -0.134. The normalized spacial score (nSPS) is 28.1. The van der Waals surface area contributed by atoms with Gasteiger partial charge >= 0.3 is 0 Å². The largest absolute Gasteiger partial charge is 0.384 e. The summed E-state index contributed by atoms with van der Waals surface area (Å²) < 4.78 is 19.2. The molecule has 4 unspecified atom stereocenters. The van der Waals surface area contributed by atoms with E-state index in [4.69, 9.17) is 4.74 Å². The van der Waals surface area contributed by atoms with Gasteiger partial charge in [0.25, 0.3) is 0 Å². The fraction of sp³-hybridized carbons (Fsp3) is 0.633. The molecule has 3 aliphatic rings. The van der Waals surface area contributed by atoms with Crippen molar-refractivity contribution in [3.05, 3.63) is 53.4 Å². The van der Waals surface area contributed by atoms with Crippen LogP contribution in [0, 0.1) is 29.5 Å². The number of allylic oxidation sites excluding steroid dienone is 4. The van der Waals surface area contributed by atoms with E-state index < -0.39 is 0 Å². The molecule has 1 heterocycles. The van der Waals surface area contributed by atoms with Crippen molar-refractivity contribution in [1.82, 2.24) is 4.90 Å². The molecule has 0 aromatic heterocycles.